The number of hydrogen-bond acceptors (Lipinski definition) is 4. The molecule has 0 aliphatic carbocycles. The Morgan fingerprint density at radius 2 is 1.72 bits per heavy atom. The zero-order valence-electron chi connectivity index (χ0n) is 11.6. The van der Waals surface area contributed by atoms with Crippen LogP contribution in [-0.4, -0.2) is 30.5 Å². The first kappa shape index (κ1) is 14.6. The van der Waals surface area contributed by atoms with Gasteiger partial charge in [0.05, 0.1) is 19.3 Å². The molecule has 0 saturated heterocycles. The Bertz CT molecular complexity index is 366. The highest BCUT2D eigenvalue weighted by molar-refractivity contribution is 5.55. The Labute approximate surface area is 109 Å². The van der Waals surface area contributed by atoms with E-state index in [4.69, 9.17) is 9.47 Å². The minimum absolute atomic E-state index is 0.0163. The summed E-state index contributed by atoms with van der Waals surface area (Å²) in [5, 5.41) is 12.7. The summed E-state index contributed by atoms with van der Waals surface area (Å²) in [5.74, 6) is 1.47. The largest absolute Gasteiger partial charge is 0.490 e. The van der Waals surface area contributed by atoms with Gasteiger partial charge < -0.3 is 19.9 Å². The van der Waals surface area contributed by atoms with Crippen LogP contribution in [0.4, 0.5) is 5.69 Å². The van der Waals surface area contributed by atoms with Gasteiger partial charge in [0, 0.05) is 17.8 Å². The van der Waals surface area contributed by atoms with Gasteiger partial charge in [-0.15, -0.1) is 0 Å². The van der Waals surface area contributed by atoms with Crippen LogP contribution in [0.25, 0.3) is 0 Å². The van der Waals surface area contributed by atoms with E-state index in [0.29, 0.717) is 13.2 Å². The number of rotatable bonds is 7. The van der Waals surface area contributed by atoms with Gasteiger partial charge in [-0.25, -0.2) is 0 Å². The number of ether oxygens (including phenoxy) is 2. The van der Waals surface area contributed by atoms with E-state index in [1.165, 1.54) is 0 Å². The van der Waals surface area contributed by atoms with Crippen molar-refractivity contribution >= 4 is 5.69 Å². The molecule has 1 rings (SSSR count). The molecule has 0 fully saturated rings. The van der Waals surface area contributed by atoms with Crippen molar-refractivity contribution in [3.8, 4) is 11.5 Å². The zero-order chi connectivity index (χ0) is 13.5. The van der Waals surface area contributed by atoms with E-state index in [-0.39, 0.29) is 6.04 Å². The highest BCUT2D eigenvalue weighted by atomic mass is 16.5. The van der Waals surface area contributed by atoms with Crippen LogP contribution in [0, 0.1) is 0 Å². The molecule has 18 heavy (non-hydrogen) atoms. The fourth-order valence-corrected chi connectivity index (χ4v) is 1.52. The van der Waals surface area contributed by atoms with Crippen LogP contribution in [0.2, 0.25) is 0 Å². The van der Waals surface area contributed by atoms with Crippen LogP contribution in [0.5, 0.6) is 11.5 Å². The maximum atomic E-state index is 9.48. The van der Waals surface area contributed by atoms with E-state index >= 15 is 0 Å². The zero-order valence-corrected chi connectivity index (χ0v) is 11.6. The van der Waals surface area contributed by atoms with Crippen molar-refractivity contribution in [2.45, 2.75) is 39.8 Å². The molecule has 4 heteroatoms. The Morgan fingerprint density at radius 1 is 1.11 bits per heavy atom. The highest BCUT2D eigenvalue weighted by Crippen LogP contribution is 2.30. The summed E-state index contributed by atoms with van der Waals surface area (Å²) >= 11 is 0. The van der Waals surface area contributed by atoms with Crippen molar-refractivity contribution in [2.75, 3.05) is 18.5 Å². The third-order valence-electron chi connectivity index (χ3n) is 2.66. The summed E-state index contributed by atoms with van der Waals surface area (Å²) in [6.45, 7) is 8.77. The van der Waals surface area contributed by atoms with Gasteiger partial charge in [0.15, 0.2) is 11.5 Å². The van der Waals surface area contributed by atoms with Crippen LogP contribution >= 0.6 is 0 Å². The molecular formula is C14H23NO3. The van der Waals surface area contributed by atoms with Crippen LogP contribution < -0.4 is 14.8 Å². The molecule has 0 spiro atoms. The molecule has 2 unspecified atom stereocenters. The summed E-state index contributed by atoms with van der Waals surface area (Å²) in [6.07, 6.45) is -0.410. The van der Waals surface area contributed by atoms with Crippen molar-refractivity contribution < 1.29 is 14.6 Å². The Balaban J connectivity index is 2.85. The SMILES string of the molecule is CCOc1ccc(NC(C)C(C)O)cc1OCC. The molecule has 0 saturated carbocycles. The second-order valence-electron chi connectivity index (χ2n) is 4.20. The smallest absolute Gasteiger partial charge is 0.163 e. The molecule has 0 heterocycles. The fourth-order valence-electron chi connectivity index (χ4n) is 1.52. The van der Waals surface area contributed by atoms with Gasteiger partial charge in [0.25, 0.3) is 0 Å². The van der Waals surface area contributed by atoms with Crippen LogP contribution in [0.3, 0.4) is 0 Å². The van der Waals surface area contributed by atoms with Crippen molar-refractivity contribution in [3.05, 3.63) is 18.2 Å². The topological polar surface area (TPSA) is 50.7 Å². The maximum Gasteiger partial charge on any atom is 0.163 e. The first-order chi connectivity index (χ1) is 8.58. The third kappa shape index (κ3) is 4.11. The lowest BCUT2D eigenvalue weighted by Crippen LogP contribution is -2.27. The average Bonchev–Trinajstić information content (AvgIpc) is 2.33. The Morgan fingerprint density at radius 3 is 2.28 bits per heavy atom. The number of nitrogens with one attached hydrogen (secondary N) is 1. The number of aliphatic hydroxyl groups excluding tert-OH is 1. The van der Waals surface area contributed by atoms with E-state index in [2.05, 4.69) is 5.32 Å². The normalized spacial score (nSPS) is 13.8. The summed E-state index contributed by atoms with van der Waals surface area (Å²) in [7, 11) is 0. The van der Waals surface area contributed by atoms with E-state index in [1.807, 2.05) is 39.0 Å². The number of hydrogen-bond donors (Lipinski definition) is 2. The first-order valence-corrected chi connectivity index (χ1v) is 6.42. The lowest BCUT2D eigenvalue weighted by Gasteiger charge is -2.19. The minimum atomic E-state index is -0.410. The molecule has 102 valence electrons. The van der Waals surface area contributed by atoms with Crippen LogP contribution in [0.15, 0.2) is 18.2 Å². The lowest BCUT2D eigenvalue weighted by atomic mass is 10.2. The number of aliphatic hydroxyl groups is 1. The second-order valence-corrected chi connectivity index (χ2v) is 4.20. The predicted molar refractivity (Wildman–Crippen MR) is 73.5 cm³/mol. The molecule has 0 amide bonds. The lowest BCUT2D eigenvalue weighted by molar-refractivity contribution is 0.178. The van der Waals surface area contributed by atoms with E-state index in [9.17, 15) is 5.11 Å². The van der Waals surface area contributed by atoms with Gasteiger partial charge in [-0.1, -0.05) is 0 Å². The molecule has 0 bridgehead atoms. The standard InChI is InChI=1S/C14H23NO3/c1-5-17-13-8-7-12(9-14(13)18-6-2)15-10(3)11(4)16/h7-11,15-16H,5-6H2,1-4H3. The maximum absolute atomic E-state index is 9.48. The summed E-state index contributed by atoms with van der Waals surface area (Å²) in [4.78, 5) is 0. The molecular weight excluding hydrogens is 230 g/mol. The van der Waals surface area contributed by atoms with Gasteiger partial charge in [-0.2, -0.15) is 0 Å². The average molecular weight is 253 g/mol. The predicted octanol–water partition coefficient (Wildman–Crippen LogP) is 2.67. The van der Waals surface area contributed by atoms with Gasteiger partial charge in [0.1, 0.15) is 0 Å². The summed E-state index contributed by atoms with van der Waals surface area (Å²) in [5.41, 5.74) is 0.912. The van der Waals surface area contributed by atoms with Gasteiger partial charge in [-0.3, -0.25) is 0 Å². The molecule has 0 aromatic heterocycles. The van der Waals surface area contributed by atoms with Gasteiger partial charge in [0.2, 0.25) is 0 Å². The fraction of sp³-hybridized carbons (Fsp3) is 0.571. The summed E-state index contributed by atoms with van der Waals surface area (Å²) in [6, 6.07) is 5.68. The van der Waals surface area contributed by atoms with Gasteiger partial charge in [-0.05, 0) is 39.8 Å². The third-order valence-corrected chi connectivity index (χ3v) is 2.66. The Kier molecular flexibility index (Phi) is 5.78. The highest BCUT2D eigenvalue weighted by Gasteiger charge is 2.11. The Hall–Kier alpha value is -1.42. The van der Waals surface area contributed by atoms with Gasteiger partial charge >= 0.3 is 0 Å². The van der Waals surface area contributed by atoms with Crippen molar-refractivity contribution in [1.29, 1.82) is 0 Å². The van der Waals surface area contributed by atoms with E-state index in [0.717, 1.165) is 17.2 Å². The van der Waals surface area contributed by atoms with Crippen LogP contribution in [-0.2, 0) is 0 Å². The quantitative estimate of drug-likeness (QED) is 0.784. The molecule has 0 radical (unpaired) electrons. The molecule has 1 aromatic rings. The van der Waals surface area contributed by atoms with E-state index in [1.54, 1.807) is 6.92 Å². The van der Waals surface area contributed by atoms with Crippen molar-refractivity contribution in [3.63, 3.8) is 0 Å². The molecule has 0 aliphatic heterocycles. The number of anilines is 1. The first-order valence-electron chi connectivity index (χ1n) is 6.42. The molecule has 0 aliphatic rings. The molecule has 2 atom stereocenters. The number of benzene rings is 1. The van der Waals surface area contributed by atoms with Crippen molar-refractivity contribution in [2.24, 2.45) is 0 Å². The molecule has 1 aromatic carbocycles. The monoisotopic (exact) mass is 253 g/mol. The molecule has 4 nitrogen and oxygen atoms in total. The van der Waals surface area contributed by atoms with Crippen molar-refractivity contribution in [1.82, 2.24) is 0 Å². The van der Waals surface area contributed by atoms with Crippen LogP contribution in [0.1, 0.15) is 27.7 Å². The summed E-state index contributed by atoms with van der Waals surface area (Å²) < 4.78 is 11.0. The molecule has 2 N–H and O–H groups in total. The minimum Gasteiger partial charge on any atom is -0.490 e. The van der Waals surface area contributed by atoms with E-state index < -0.39 is 6.10 Å². The second kappa shape index (κ2) is 7.11.